The lowest BCUT2D eigenvalue weighted by atomic mass is 10.3. The van der Waals surface area contributed by atoms with Crippen LogP contribution in [0, 0.1) is 0 Å². The Labute approximate surface area is 169 Å². The van der Waals surface area contributed by atoms with E-state index < -0.39 is 0 Å². The zero-order valence-corrected chi connectivity index (χ0v) is 17.1. The molecule has 0 saturated carbocycles. The Hall–Kier alpha value is -2.05. The third-order valence-corrected chi connectivity index (χ3v) is 4.72. The number of anilines is 1. The summed E-state index contributed by atoms with van der Waals surface area (Å²) in [6, 6.07) is 12.7. The maximum absolute atomic E-state index is 12.1. The van der Waals surface area contributed by atoms with Gasteiger partial charge in [0, 0.05) is 22.9 Å². The number of nitrogens with one attached hydrogen (secondary N) is 1. The second-order valence-corrected chi connectivity index (χ2v) is 7.17. The molecule has 27 heavy (non-hydrogen) atoms. The smallest absolute Gasteiger partial charge is 0.225 e. The van der Waals surface area contributed by atoms with E-state index in [0.29, 0.717) is 41.8 Å². The highest BCUT2D eigenvalue weighted by atomic mass is 35.5. The van der Waals surface area contributed by atoms with E-state index in [1.807, 2.05) is 31.2 Å². The maximum Gasteiger partial charge on any atom is 0.225 e. The van der Waals surface area contributed by atoms with Crippen molar-refractivity contribution in [1.82, 2.24) is 0 Å². The van der Waals surface area contributed by atoms with Gasteiger partial charge in [0.25, 0.3) is 0 Å². The highest BCUT2D eigenvalue weighted by Crippen LogP contribution is 2.27. The quantitative estimate of drug-likeness (QED) is 0.535. The van der Waals surface area contributed by atoms with Crippen LogP contribution in [0.5, 0.6) is 17.2 Å². The molecular weight excluding hydrogens is 386 g/mol. The van der Waals surface area contributed by atoms with E-state index in [1.165, 1.54) is 0 Å². The van der Waals surface area contributed by atoms with Gasteiger partial charge in [-0.15, -0.1) is 0 Å². The molecule has 0 radical (unpaired) electrons. The van der Waals surface area contributed by atoms with E-state index in [1.54, 1.807) is 37.1 Å². The van der Waals surface area contributed by atoms with Gasteiger partial charge in [-0.2, -0.15) is 11.8 Å². The van der Waals surface area contributed by atoms with Crippen LogP contribution in [-0.4, -0.2) is 37.7 Å². The number of thioether (sulfide) groups is 1. The number of amides is 1. The molecule has 0 aliphatic heterocycles. The Morgan fingerprint density at radius 3 is 2.44 bits per heavy atom. The number of ether oxygens (including phenoxy) is 3. The van der Waals surface area contributed by atoms with Crippen molar-refractivity contribution in [3.05, 3.63) is 47.5 Å². The van der Waals surface area contributed by atoms with Crippen molar-refractivity contribution in [3.63, 3.8) is 0 Å². The van der Waals surface area contributed by atoms with Crippen LogP contribution in [0.2, 0.25) is 5.02 Å². The normalized spacial score (nSPS) is 10.3. The first kappa shape index (κ1) is 21.3. The number of carbonyl (C=O) groups excluding carboxylic acids is 1. The second-order valence-electron chi connectivity index (χ2n) is 5.51. The average Bonchev–Trinajstić information content (AvgIpc) is 2.66. The lowest BCUT2D eigenvalue weighted by Gasteiger charge is -2.10. The van der Waals surface area contributed by atoms with Crippen LogP contribution in [0.1, 0.15) is 13.3 Å². The van der Waals surface area contributed by atoms with Gasteiger partial charge < -0.3 is 19.5 Å². The van der Waals surface area contributed by atoms with Crippen LogP contribution in [-0.2, 0) is 4.79 Å². The van der Waals surface area contributed by atoms with E-state index >= 15 is 0 Å². The van der Waals surface area contributed by atoms with Gasteiger partial charge in [-0.3, -0.25) is 4.79 Å². The fourth-order valence-electron chi connectivity index (χ4n) is 2.27. The largest absolute Gasteiger partial charge is 0.495 e. The van der Waals surface area contributed by atoms with Gasteiger partial charge in [-0.05, 0) is 49.4 Å². The summed E-state index contributed by atoms with van der Waals surface area (Å²) < 4.78 is 16.3. The summed E-state index contributed by atoms with van der Waals surface area (Å²) in [4.78, 5) is 12.1. The highest BCUT2D eigenvalue weighted by Gasteiger charge is 2.08. The fourth-order valence-corrected chi connectivity index (χ4v) is 3.18. The zero-order valence-electron chi connectivity index (χ0n) is 15.5. The molecule has 2 aromatic rings. The predicted molar refractivity (Wildman–Crippen MR) is 112 cm³/mol. The third kappa shape index (κ3) is 7.61. The van der Waals surface area contributed by atoms with Gasteiger partial charge in [-0.1, -0.05) is 11.6 Å². The molecule has 0 atom stereocenters. The molecule has 0 aliphatic rings. The highest BCUT2D eigenvalue weighted by molar-refractivity contribution is 7.99. The minimum atomic E-state index is -0.0736. The van der Waals surface area contributed by atoms with Gasteiger partial charge in [0.1, 0.15) is 17.2 Å². The lowest BCUT2D eigenvalue weighted by Crippen LogP contribution is -2.13. The number of hydrogen-bond donors (Lipinski definition) is 1. The van der Waals surface area contributed by atoms with Crippen LogP contribution in [0.4, 0.5) is 5.69 Å². The number of halogens is 1. The van der Waals surface area contributed by atoms with Gasteiger partial charge in [-0.25, -0.2) is 0 Å². The molecule has 0 fully saturated rings. The molecule has 2 aromatic carbocycles. The summed E-state index contributed by atoms with van der Waals surface area (Å²) in [6.45, 7) is 3.18. The number of benzene rings is 2. The van der Waals surface area contributed by atoms with E-state index in [9.17, 15) is 4.79 Å². The minimum absolute atomic E-state index is 0.0736. The van der Waals surface area contributed by atoms with Crippen LogP contribution < -0.4 is 19.5 Å². The average molecular weight is 410 g/mol. The van der Waals surface area contributed by atoms with E-state index in [-0.39, 0.29) is 5.91 Å². The van der Waals surface area contributed by atoms with Gasteiger partial charge in [0.05, 0.1) is 26.0 Å². The summed E-state index contributed by atoms with van der Waals surface area (Å²) >= 11 is 7.63. The first-order chi connectivity index (χ1) is 13.1. The van der Waals surface area contributed by atoms with Crippen LogP contribution >= 0.6 is 23.4 Å². The molecule has 0 unspecified atom stereocenters. The second kappa shape index (κ2) is 11.6. The van der Waals surface area contributed by atoms with E-state index in [2.05, 4.69) is 5.32 Å². The molecule has 7 heteroatoms. The number of carbonyl (C=O) groups is 1. The summed E-state index contributed by atoms with van der Waals surface area (Å²) in [6.07, 6.45) is 0.406. The van der Waals surface area contributed by atoms with Crippen molar-refractivity contribution in [3.8, 4) is 17.2 Å². The molecule has 0 heterocycles. The molecule has 146 valence electrons. The zero-order chi connectivity index (χ0) is 19.5. The van der Waals surface area contributed by atoms with Crippen molar-refractivity contribution < 1.29 is 19.0 Å². The molecular formula is C20H24ClNO4S. The summed E-state index contributed by atoms with van der Waals surface area (Å²) in [7, 11) is 1.55. The molecule has 0 bridgehead atoms. The fraction of sp³-hybridized carbons (Fsp3) is 0.350. The van der Waals surface area contributed by atoms with Crippen molar-refractivity contribution in [2.75, 3.05) is 37.1 Å². The summed E-state index contributed by atoms with van der Waals surface area (Å²) in [5, 5.41) is 3.38. The topological polar surface area (TPSA) is 56.8 Å². The molecule has 1 N–H and O–H groups in total. The third-order valence-electron chi connectivity index (χ3n) is 3.54. The summed E-state index contributed by atoms with van der Waals surface area (Å²) in [5.41, 5.74) is 0.582. The number of hydrogen-bond acceptors (Lipinski definition) is 5. The minimum Gasteiger partial charge on any atom is -0.495 e. The number of rotatable bonds is 11. The predicted octanol–water partition coefficient (Wildman–Crippen LogP) is 4.89. The van der Waals surface area contributed by atoms with Gasteiger partial charge in [0.2, 0.25) is 5.91 Å². The molecule has 2 rings (SSSR count). The molecule has 5 nitrogen and oxygen atoms in total. The van der Waals surface area contributed by atoms with Gasteiger partial charge >= 0.3 is 0 Å². The first-order valence-corrected chi connectivity index (χ1v) is 10.2. The Morgan fingerprint density at radius 2 is 1.78 bits per heavy atom. The van der Waals surface area contributed by atoms with Crippen molar-refractivity contribution in [2.45, 2.75) is 13.3 Å². The Balaban J connectivity index is 1.62. The maximum atomic E-state index is 12.1. The Kier molecular flexibility index (Phi) is 9.15. The molecule has 0 aliphatic carbocycles. The lowest BCUT2D eigenvalue weighted by molar-refractivity contribution is -0.115. The molecule has 1 amide bonds. The van der Waals surface area contributed by atoms with Crippen molar-refractivity contribution >= 4 is 35.0 Å². The molecule has 0 spiro atoms. The Morgan fingerprint density at radius 1 is 1.07 bits per heavy atom. The van der Waals surface area contributed by atoms with Crippen LogP contribution in [0.25, 0.3) is 0 Å². The van der Waals surface area contributed by atoms with Gasteiger partial charge in [0.15, 0.2) is 0 Å². The van der Waals surface area contributed by atoms with Crippen LogP contribution in [0.15, 0.2) is 42.5 Å². The SMILES string of the molecule is CCOc1ccc(OCCSCCC(=O)Nc2cc(Cl)ccc2OC)cc1. The standard InChI is InChI=1S/C20H24ClNO4S/c1-3-25-16-5-7-17(8-6-16)26-11-13-27-12-10-20(23)22-18-14-15(21)4-9-19(18)24-2/h4-9,14H,3,10-13H2,1-2H3,(H,22,23). The van der Waals surface area contributed by atoms with Crippen molar-refractivity contribution in [2.24, 2.45) is 0 Å². The van der Waals surface area contributed by atoms with Crippen molar-refractivity contribution in [1.29, 1.82) is 0 Å². The first-order valence-electron chi connectivity index (χ1n) is 8.69. The molecule has 0 aromatic heterocycles. The van der Waals surface area contributed by atoms with Crippen LogP contribution in [0.3, 0.4) is 0 Å². The number of methoxy groups -OCH3 is 1. The van der Waals surface area contributed by atoms with E-state index in [4.69, 9.17) is 25.8 Å². The molecule has 0 saturated heterocycles. The van der Waals surface area contributed by atoms with E-state index in [0.717, 1.165) is 17.3 Å². The Bertz CT molecular complexity index is 724. The summed E-state index contributed by atoms with van der Waals surface area (Å²) in [5.74, 6) is 3.67. The monoisotopic (exact) mass is 409 g/mol.